The van der Waals surface area contributed by atoms with Crippen LogP contribution in [-0.2, 0) is 9.53 Å². The number of anilines is 1. The second kappa shape index (κ2) is 6.88. The molecular weight excluding hydrogens is 373 g/mol. The summed E-state index contributed by atoms with van der Waals surface area (Å²) in [4.78, 5) is 17.0. The van der Waals surface area contributed by atoms with Crippen molar-refractivity contribution in [3.8, 4) is 6.07 Å². The van der Waals surface area contributed by atoms with Crippen molar-refractivity contribution in [1.82, 2.24) is 4.98 Å². The molecule has 2 bridgehead atoms. The highest BCUT2D eigenvalue weighted by atomic mass is 35.5. The smallest absolute Gasteiger partial charge is 0.230 e. The summed E-state index contributed by atoms with van der Waals surface area (Å²) in [6.45, 7) is 0. The molecule has 2 aliphatic rings. The number of carbonyl (C=O) groups is 1. The molecule has 4 rings (SSSR count). The van der Waals surface area contributed by atoms with Gasteiger partial charge in [-0.2, -0.15) is 5.26 Å². The van der Waals surface area contributed by atoms with E-state index in [1.165, 1.54) is 0 Å². The summed E-state index contributed by atoms with van der Waals surface area (Å²) in [6, 6.07) is 10.6. The molecule has 0 saturated carbocycles. The number of aromatic nitrogens is 1. The van der Waals surface area contributed by atoms with Crippen LogP contribution in [0.1, 0.15) is 30.0 Å². The van der Waals surface area contributed by atoms with Crippen LogP contribution >= 0.6 is 23.2 Å². The third kappa shape index (κ3) is 3.05. The number of nitrogens with one attached hydrogen (secondary N) is 1. The summed E-state index contributed by atoms with van der Waals surface area (Å²) >= 11 is 12.0. The van der Waals surface area contributed by atoms with Gasteiger partial charge in [0, 0.05) is 17.8 Å². The highest BCUT2D eigenvalue weighted by molar-refractivity contribution is 6.42. The first kappa shape index (κ1) is 17.3. The van der Waals surface area contributed by atoms with Crippen molar-refractivity contribution < 1.29 is 9.53 Å². The largest absolute Gasteiger partial charge is 0.373 e. The van der Waals surface area contributed by atoms with E-state index in [0.29, 0.717) is 21.4 Å². The normalized spacial score (nSPS) is 26.5. The van der Waals surface area contributed by atoms with E-state index in [9.17, 15) is 4.79 Å². The molecule has 1 N–H and O–H groups in total. The van der Waals surface area contributed by atoms with E-state index >= 15 is 0 Å². The number of pyridine rings is 1. The van der Waals surface area contributed by atoms with E-state index in [-0.39, 0.29) is 30.0 Å². The zero-order valence-corrected chi connectivity index (χ0v) is 15.2. The lowest BCUT2D eigenvalue weighted by molar-refractivity contribution is -0.121. The molecule has 4 atom stereocenters. The molecule has 1 aromatic heterocycles. The van der Waals surface area contributed by atoms with E-state index < -0.39 is 0 Å². The Kier molecular flexibility index (Phi) is 4.58. The van der Waals surface area contributed by atoms with Crippen LogP contribution in [0.5, 0.6) is 0 Å². The fourth-order valence-corrected chi connectivity index (χ4v) is 4.25. The minimum atomic E-state index is -0.322. The van der Waals surface area contributed by atoms with E-state index in [2.05, 4.69) is 16.4 Å². The lowest BCUT2D eigenvalue weighted by Gasteiger charge is -2.27. The average molecular weight is 388 g/mol. The molecule has 132 valence electrons. The van der Waals surface area contributed by atoms with Gasteiger partial charge in [0.15, 0.2) is 0 Å². The molecule has 2 saturated heterocycles. The Labute approximate surface area is 160 Å². The highest BCUT2D eigenvalue weighted by Crippen LogP contribution is 2.49. The topological polar surface area (TPSA) is 75.0 Å². The third-order valence-electron chi connectivity index (χ3n) is 5.05. The number of rotatable bonds is 3. The van der Waals surface area contributed by atoms with Crippen LogP contribution < -0.4 is 5.32 Å². The van der Waals surface area contributed by atoms with Crippen molar-refractivity contribution in [1.29, 1.82) is 5.26 Å². The number of carbonyl (C=O) groups excluding carboxylic acids is 1. The first-order valence-corrected chi connectivity index (χ1v) is 9.10. The molecule has 2 fully saturated rings. The Morgan fingerprint density at radius 3 is 2.77 bits per heavy atom. The van der Waals surface area contributed by atoms with Crippen LogP contribution in [0.2, 0.25) is 10.0 Å². The number of nitriles is 1. The Balaban J connectivity index is 1.61. The van der Waals surface area contributed by atoms with Gasteiger partial charge in [-0.15, -0.1) is 0 Å². The Hall–Kier alpha value is -2.13. The molecule has 1 aromatic carbocycles. The number of ether oxygens (including phenoxy) is 1. The lowest BCUT2D eigenvalue weighted by atomic mass is 9.75. The van der Waals surface area contributed by atoms with E-state index in [1.807, 2.05) is 6.07 Å². The predicted molar refractivity (Wildman–Crippen MR) is 98.2 cm³/mol. The number of fused-ring (bicyclic) bond motifs is 2. The molecule has 0 radical (unpaired) electrons. The number of hydrogen-bond donors (Lipinski definition) is 1. The Bertz CT molecular complexity index is 912. The van der Waals surface area contributed by atoms with E-state index in [4.69, 9.17) is 33.2 Å². The molecule has 7 heteroatoms. The number of halogens is 2. The minimum Gasteiger partial charge on any atom is -0.373 e. The molecular formula is C19H15Cl2N3O2. The van der Waals surface area contributed by atoms with Crippen molar-refractivity contribution in [2.75, 3.05) is 5.32 Å². The Morgan fingerprint density at radius 2 is 2.00 bits per heavy atom. The van der Waals surface area contributed by atoms with Crippen LogP contribution in [0.15, 0.2) is 36.5 Å². The number of benzene rings is 1. The molecule has 2 aliphatic heterocycles. The molecule has 3 heterocycles. The second-order valence-electron chi connectivity index (χ2n) is 6.55. The van der Waals surface area contributed by atoms with E-state index in [1.54, 1.807) is 30.5 Å². The summed E-state index contributed by atoms with van der Waals surface area (Å²) in [5, 5.41) is 12.9. The first-order valence-electron chi connectivity index (χ1n) is 8.34. The minimum absolute atomic E-state index is 0.0153. The van der Waals surface area contributed by atoms with Crippen LogP contribution in [0.3, 0.4) is 0 Å². The maximum Gasteiger partial charge on any atom is 0.230 e. The molecule has 26 heavy (non-hydrogen) atoms. The summed E-state index contributed by atoms with van der Waals surface area (Å²) < 4.78 is 6.02. The fraction of sp³-hybridized carbons (Fsp3) is 0.316. The summed E-state index contributed by atoms with van der Waals surface area (Å²) in [5.41, 5.74) is 1.85. The van der Waals surface area contributed by atoms with Gasteiger partial charge in [-0.05, 0) is 48.7 Å². The highest BCUT2D eigenvalue weighted by Gasteiger charge is 2.52. The number of amides is 1. The Morgan fingerprint density at radius 1 is 1.19 bits per heavy atom. The van der Waals surface area contributed by atoms with Crippen molar-refractivity contribution in [3.63, 3.8) is 0 Å². The maximum atomic E-state index is 13.0. The van der Waals surface area contributed by atoms with Gasteiger partial charge in [-0.3, -0.25) is 4.79 Å². The monoisotopic (exact) mass is 387 g/mol. The predicted octanol–water partition coefficient (Wildman–Crippen LogP) is 4.16. The molecule has 5 nitrogen and oxygen atoms in total. The molecule has 2 aromatic rings. The van der Waals surface area contributed by atoms with Crippen molar-refractivity contribution in [2.24, 2.45) is 5.92 Å². The van der Waals surface area contributed by atoms with Gasteiger partial charge >= 0.3 is 0 Å². The average Bonchev–Trinajstić information content (AvgIpc) is 3.26. The van der Waals surface area contributed by atoms with Gasteiger partial charge in [0.25, 0.3) is 0 Å². The summed E-state index contributed by atoms with van der Waals surface area (Å²) in [5.74, 6) is -0.528. The number of nitrogens with zero attached hydrogens (tertiary/aromatic N) is 2. The van der Waals surface area contributed by atoms with E-state index in [0.717, 1.165) is 18.4 Å². The van der Waals surface area contributed by atoms with Crippen molar-refractivity contribution in [3.05, 3.63) is 57.8 Å². The molecule has 0 spiro atoms. The SMILES string of the molecule is N#Cc1cc([C@@H]2[C@@H](C(=O)Nc3ccc(Cl)c(Cl)c3)[C@H]3CC[C@@H]2O3)ccn1. The lowest BCUT2D eigenvalue weighted by Crippen LogP contribution is -2.36. The summed E-state index contributed by atoms with van der Waals surface area (Å²) in [6.07, 6.45) is 3.24. The van der Waals surface area contributed by atoms with Gasteiger partial charge in [0.2, 0.25) is 5.91 Å². The van der Waals surface area contributed by atoms with Crippen LogP contribution in [0.4, 0.5) is 5.69 Å². The third-order valence-corrected chi connectivity index (χ3v) is 5.79. The quantitative estimate of drug-likeness (QED) is 0.857. The second-order valence-corrected chi connectivity index (χ2v) is 7.36. The zero-order chi connectivity index (χ0) is 18.3. The summed E-state index contributed by atoms with van der Waals surface area (Å²) in [7, 11) is 0. The van der Waals surface area contributed by atoms with Gasteiger partial charge in [-0.25, -0.2) is 4.98 Å². The van der Waals surface area contributed by atoms with Gasteiger partial charge < -0.3 is 10.1 Å². The van der Waals surface area contributed by atoms with Crippen molar-refractivity contribution in [2.45, 2.75) is 31.0 Å². The van der Waals surface area contributed by atoms with Crippen molar-refractivity contribution >= 4 is 34.8 Å². The number of hydrogen-bond acceptors (Lipinski definition) is 4. The van der Waals surface area contributed by atoms with Crippen LogP contribution in [0, 0.1) is 17.2 Å². The maximum absolute atomic E-state index is 13.0. The molecule has 0 unspecified atom stereocenters. The van der Waals surface area contributed by atoms with Gasteiger partial charge in [-0.1, -0.05) is 23.2 Å². The molecule has 1 amide bonds. The fourth-order valence-electron chi connectivity index (χ4n) is 3.95. The van der Waals surface area contributed by atoms with Crippen LogP contribution in [0.25, 0.3) is 0 Å². The van der Waals surface area contributed by atoms with Gasteiger partial charge in [0.1, 0.15) is 11.8 Å². The van der Waals surface area contributed by atoms with Crippen LogP contribution in [-0.4, -0.2) is 23.1 Å². The molecule has 0 aliphatic carbocycles. The standard InChI is InChI=1S/C19H15Cl2N3O2/c20-13-2-1-11(8-14(13)21)24-19(25)18-16-4-3-15(26-16)17(18)10-5-6-23-12(7-10)9-22/h1-2,5-8,15-18H,3-4H2,(H,24,25)/t15-,16+,17-,18-/m0/s1. The first-order chi connectivity index (χ1) is 12.6. The zero-order valence-electron chi connectivity index (χ0n) is 13.7. The van der Waals surface area contributed by atoms with Gasteiger partial charge in [0.05, 0.1) is 28.2 Å².